The fourth-order valence-corrected chi connectivity index (χ4v) is 1.69. The number of amides is 1. The molecule has 0 spiro atoms. The summed E-state index contributed by atoms with van der Waals surface area (Å²) >= 11 is 0. The van der Waals surface area contributed by atoms with E-state index < -0.39 is 0 Å². The maximum atomic E-state index is 11.3. The lowest BCUT2D eigenvalue weighted by molar-refractivity contribution is -0.122. The van der Waals surface area contributed by atoms with Crippen LogP contribution in [-0.2, 0) is 4.79 Å². The number of nitrogens with one attached hydrogen (secondary N) is 2. The van der Waals surface area contributed by atoms with Crippen LogP contribution in [0.5, 0.6) is 0 Å². The van der Waals surface area contributed by atoms with Crippen LogP contribution in [0.3, 0.4) is 0 Å². The largest absolute Gasteiger partial charge is 0.352 e. The highest BCUT2D eigenvalue weighted by molar-refractivity contribution is 5.76. The fraction of sp³-hybridized carbons (Fsp3) is 0.900. The number of carbonyl (C=O) groups is 1. The van der Waals surface area contributed by atoms with Crippen molar-refractivity contribution in [2.24, 2.45) is 5.92 Å². The van der Waals surface area contributed by atoms with Gasteiger partial charge in [0.2, 0.25) is 5.91 Å². The lowest BCUT2D eigenvalue weighted by Gasteiger charge is -2.30. The normalized spacial score (nSPS) is 28.5. The zero-order valence-corrected chi connectivity index (χ0v) is 8.60. The highest BCUT2D eigenvalue weighted by atomic mass is 16.1. The van der Waals surface area contributed by atoms with Crippen molar-refractivity contribution in [3.05, 3.63) is 0 Å². The molecule has 0 aromatic carbocycles. The van der Waals surface area contributed by atoms with Gasteiger partial charge in [-0.3, -0.25) is 4.79 Å². The van der Waals surface area contributed by atoms with Gasteiger partial charge in [-0.15, -0.1) is 0 Å². The highest BCUT2D eigenvalue weighted by Gasteiger charge is 2.21. The molecular formula is C10H20N2O. The zero-order chi connectivity index (χ0) is 9.68. The van der Waals surface area contributed by atoms with Crippen LogP contribution in [0.25, 0.3) is 0 Å². The minimum Gasteiger partial charge on any atom is -0.352 e. The Bertz CT molecular complexity index is 170. The van der Waals surface area contributed by atoms with E-state index in [4.69, 9.17) is 0 Å². The van der Waals surface area contributed by atoms with Gasteiger partial charge in [-0.05, 0) is 25.3 Å². The molecule has 0 aromatic heterocycles. The Balaban J connectivity index is 2.29. The van der Waals surface area contributed by atoms with Gasteiger partial charge in [0.1, 0.15) is 0 Å². The lowest BCUT2D eigenvalue weighted by atomic mass is 9.95. The molecule has 0 aliphatic carbocycles. The molecule has 1 rings (SSSR count). The third-order valence-corrected chi connectivity index (χ3v) is 2.65. The Morgan fingerprint density at radius 1 is 1.62 bits per heavy atom. The molecule has 1 saturated heterocycles. The van der Waals surface area contributed by atoms with Crippen LogP contribution in [-0.4, -0.2) is 25.0 Å². The average molecular weight is 184 g/mol. The second-order valence-corrected chi connectivity index (χ2v) is 3.89. The standard InChI is InChI=1S/C10H20N2O/c1-3-4-10(13)12-9-7-11-6-5-8(9)2/h8-9,11H,3-7H2,1-2H3,(H,12,13). The van der Waals surface area contributed by atoms with E-state index in [0.29, 0.717) is 18.4 Å². The van der Waals surface area contributed by atoms with E-state index >= 15 is 0 Å². The molecule has 0 bridgehead atoms. The summed E-state index contributed by atoms with van der Waals surface area (Å²) in [5.74, 6) is 0.810. The first-order valence-corrected chi connectivity index (χ1v) is 5.24. The fourth-order valence-electron chi connectivity index (χ4n) is 1.69. The van der Waals surface area contributed by atoms with E-state index in [9.17, 15) is 4.79 Å². The first-order valence-electron chi connectivity index (χ1n) is 5.24. The van der Waals surface area contributed by atoms with Crippen LogP contribution in [0.2, 0.25) is 0 Å². The Morgan fingerprint density at radius 3 is 3.00 bits per heavy atom. The maximum absolute atomic E-state index is 11.3. The highest BCUT2D eigenvalue weighted by Crippen LogP contribution is 2.11. The molecule has 2 unspecified atom stereocenters. The summed E-state index contributed by atoms with van der Waals surface area (Å²) in [7, 11) is 0. The van der Waals surface area contributed by atoms with Gasteiger partial charge in [0.05, 0.1) is 0 Å². The lowest BCUT2D eigenvalue weighted by Crippen LogP contribution is -2.50. The number of hydrogen-bond acceptors (Lipinski definition) is 2. The molecule has 1 heterocycles. The van der Waals surface area contributed by atoms with Crippen molar-refractivity contribution in [2.45, 2.75) is 39.2 Å². The topological polar surface area (TPSA) is 41.1 Å². The Morgan fingerprint density at radius 2 is 2.38 bits per heavy atom. The number of hydrogen-bond donors (Lipinski definition) is 2. The van der Waals surface area contributed by atoms with Crippen LogP contribution >= 0.6 is 0 Å². The van der Waals surface area contributed by atoms with Crippen LogP contribution in [0.1, 0.15) is 33.1 Å². The van der Waals surface area contributed by atoms with E-state index in [2.05, 4.69) is 17.6 Å². The van der Waals surface area contributed by atoms with Gasteiger partial charge >= 0.3 is 0 Å². The minimum absolute atomic E-state index is 0.197. The summed E-state index contributed by atoms with van der Waals surface area (Å²) in [6.45, 7) is 6.25. The molecule has 76 valence electrons. The monoisotopic (exact) mass is 184 g/mol. The summed E-state index contributed by atoms with van der Waals surface area (Å²) in [5.41, 5.74) is 0. The number of rotatable bonds is 3. The van der Waals surface area contributed by atoms with Crippen molar-refractivity contribution in [1.29, 1.82) is 0 Å². The van der Waals surface area contributed by atoms with Gasteiger partial charge in [0.15, 0.2) is 0 Å². The zero-order valence-electron chi connectivity index (χ0n) is 8.60. The van der Waals surface area contributed by atoms with E-state index in [1.54, 1.807) is 0 Å². The molecule has 3 nitrogen and oxygen atoms in total. The molecule has 1 amide bonds. The number of piperidine rings is 1. The van der Waals surface area contributed by atoms with Crippen LogP contribution in [0.15, 0.2) is 0 Å². The van der Waals surface area contributed by atoms with E-state index in [1.165, 1.54) is 0 Å². The van der Waals surface area contributed by atoms with Crippen LogP contribution in [0, 0.1) is 5.92 Å². The van der Waals surface area contributed by atoms with Gasteiger partial charge < -0.3 is 10.6 Å². The van der Waals surface area contributed by atoms with Gasteiger partial charge in [-0.2, -0.15) is 0 Å². The molecule has 0 saturated carbocycles. The third kappa shape index (κ3) is 3.35. The Kier molecular flexibility index (Phi) is 4.22. The van der Waals surface area contributed by atoms with Crippen LogP contribution in [0.4, 0.5) is 0 Å². The van der Waals surface area contributed by atoms with Crippen molar-refractivity contribution in [1.82, 2.24) is 10.6 Å². The molecule has 0 aromatic rings. The molecular weight excluding hydrogens is 164 g/mol. The summed E-state index contributed by atoms with van der Waals surface area (Å²) in [6.07, 6.45) is 2.75. The van der Waals surface area contributed by atoms with Crippen molar-refractivity contribution < 1.29 is 4.79 Å². The predicted octanol–water partition coefficient (Wildman–Crippen LogP) is 0.901. The van der Waals surface area contributed by atoms with Crippen molar-refractivity contribution in [3.8, 4) is 0 Å². The second-order valence-electron chi connectivity index (χ2n) is 3.89. The maximum Gasteiger partial charge on any atom is 0.220 e. The molecule has 1 aliphatic heterocycles. The molecule has 1 aliphatic rings. The minimum atomic E-state index is 0.197. The van der Waals surface area contributed by atoms with Gasteiger partial charge in [0, 0.05) is 19.0 Å². The average Bonchev–Trinajstić information content (AvgIpc) is 2.09. The SMILES string of the molecule is CCCC(=O)NC1CNCCC1C. The van der Waals surface area contributed by atoms with E-state index in [1.807, 2.05) is 6.92 Å². The molecule has 13 heavy (non-hydrogen) atoms. The molecule has 2 N–H and O–H groups in total. The van der Waals surface area contributed by atoms with Gasteiger partial charge in [-0.1, -0.05) is 13.8 Å². The summed E-state index contributed by atoms with van der Waals surface area (Å²) in [6, 6.07) is 0.341. The third-order valence-electron chi connectivity index (χ3n) is 2.65. The molecule has 3 heteroatoms. The van der Waals surface area contributed by atoms with Crippen molar-refractivity contribution in [2.75, 3.05) is 13.1 Å². The quantitative estimate of drug-likeness (QED) is 0.684. The predicted molar refractivity (Wildman–Crippen MR) is 53.5 cm³/mol. The Hall–Kier alpha value is -0.570. The van der Waals surface area contributed by atoms with E-state index in [-0.39, 0.29) is 5.91 Å². The second kappa shape index (κ2) is 5.22. The smallest absolute Gasteiger partial charge is 0.220 e. The van der Waals surface area contributed by atoms with Gasteiger partial charge in [0.25, 0.3) is 0 Å². The van der Waals surface area contributed by atoms with Gasteiger partial charge in [-0.25, -0.2) is 0 Å². The van der Waals surface area contributed by atoms with Crippen LogP contribution < -0.4 is 10.6 Å². The first kappa shape index (κ1) is 10.5. The molecule has 0 radical (unpaired) electrons. The van der Waals surface area contributed by atoms with Crippen molar-refractivity contribution in [3.63, 3.8) is 0 Å². The summed E-state index contributed by atoms with van der Waals surface area (Å²) < 4.78 is 0. The van der Waals surface area contributed by atoms with Crippen molar-refractivity contribution >= 4 is 5.91 Å². The van der Waals surface area contributed by atoms with E-state index in [0.717, 1.165) is 25.9 Å². The summed E-state index contributed by atoms with van der Waals surface area (Å²) in [5, 5.41) is 6.37. The molecule has 1 fully saturated rings. The molecule has 2 atom stereocenters. The Labute approximate surface area is 80.3 Å². The first-order chi connectivity index (χ1) is 6.24. The summed E-state index contributed by atoms with van der Waals surface area (Å²) in [4.78, 5) is 11.3. The number of carbonyl (C=O) groups excluding carboxylic acids is 1.